The quantitative estimate of drug-likeness (QED) is 0.632. The van der Waals surface area contributed by atoms with E-state index in [-0.39, 0.29) is 12.6 Å². The molecule has 1 aromatic carbocycles. The van der Waals surface area contributed by atoms with Crippen molar-refractivity contribution in [2.45, 2.75) is 25.9 Å². The van der Waals surface area contributed by atoms with Gasteiger partial charge in [-0.15, -0.1) is 6.42 Å². The van der Waals surface area contributed by atoms with Gasteiger partial charge in [-0.05, 0) is 37.5 Å². The second-order valence-electron chi connectivity index (χ2n) is 4.71. The van der Waals surface area contributed by atoms with Crippen LogP contribution in [-0.4, -0.2) is 36.9 Å². The van der Waals surface area contributed by atoms with Crippen LogP contribution < -0.4 is 15.4 Å². The van der Waals surface area contributed by atoms with Crippen molar-refractivity contribution in [3.63, 3.8) is 0 Å². The Bertz CT molecular complexity index is 463. The summed E-state index contributed by atoms with van der Waals surface area (Å²) in [6.45, 7) is 2.96. The molecule has 0 heterocycles. The molecule has 0 spiro atoms. The van der Waals surface area contributed by atoms with Gasteiger partial charge in [-0.25, -0.2) is 4.79 Å². The van der Waals surface area contributed by atoms with Crippen LogP contribution in [0.25, 0.3) is 0 Å². The third-order valence-corrected chi connectivity index (χ3v) is 2.79. The van der Waals surface area contributed by atoms with Crippen molar-refractivity contribution in [3.05, 3.63) is 29.8 Å². The zero-order chi connectivity index (χ0) is 15.5. The molecule has 2 amide bonds. The van der Waals surface area contributed by atoms with E-state index in [9.17, 15) is 4.79 Å². The van der Waals surface area contributed by atoms with Gasteiger partial charge in [0.05, 0.1) is 6.10 Å². The maximum atomic E-state index is 11.4. The van der Waals surface area contributed by atoms with Gasteiger partial charge >= 0.3 is 6.03 Å². The van der Waals surface area contributed by atoms with E-state index in [4.69, 9.17) is 16.3 Å². The maximum absolute atomic E-state index is 11.4. The molecule has 21 heavy (non-hydrogen) atoms. The molecule has 0 aliphatic heterocycles. The SMILES string of the molecule is C#CCOc1ccc(CCNC(=O)NCCC(C)O)cc1. The van der Waals surface area contributed by atoms with Gasteiger partial charge < -0.3 is 20.5 Å². The molecular weight excluding hydrogens is 268 g/mol. The highest BCUT2D eigenvalue weighted by molar-refractivity contribution is 5.73. The number of aliphatic hydroxyl groups is 1. The zero-order valence-corrected chi connectivity index (χ0v) is 12.3. The first-order valence-electron chi connectivity index (χ1n) is 6.96. The van der Waals surface area contributed by atoms with E-state index in [0.29, 0.717) is 19.5 Å². The van der Waals surface area contributed by atoms with E-state index < -0.39 is 6.10 Å². The lowest BCUT2D eigenvalue weighted by molar-refractivity contribution is 0.183. The lowest BCUT2D eigenvalue weighted by Gasteiger charge is -2.09. The summed E-state index contributed by atoms with van der Waals surface area (Å²) in [6.07, 6.45) is 6.00. The van der Waals surface area contributed by atoms with Crippen LogP contribution >= 0.6 is 0 Å². The molecule has 5 heteroatoms. The average molecular weight is 290 g/mol. The molecule has 0 aliphatic carbocycles. The summed E-state index contributed by atoms with van der Waals surface area (Å²) >= 11 is 0. The number of hydrogen-bond acceptors (Lipinski definition) is 3. The summed E-state index contributed by atoms with van der Waals surface area (Å²) in [4.78, 5) is 11.4. The molecule has 0 aromatic heterocycles. The molecule has 1 atom stereocenters. The highest BCUT2D eigenvalue weighted by atomic mass is 16.5. The molecule has 1 unspecified atom stereocenters. The third-order valence-electron chi connectivity index (χ3n) is 2.79. The normalized spacial score (nSPS) is 11.3. The molecule has 0 bridgehead atoms. The van der Waals surface area contributed by atoms with Gasteiger partial charge in [0.25, 0.3) is 0 Å². The van der Waals surface area contributed by atoms with Crippen molar-refractivity contribution in [1.82, 2.24) is 10.6 Å². The Morgan fingerprint density at radius 1 is 1.33 bits per heavy atom. The Morgan fingerprint density at radius 3 is 2.62 bits per heavy atom. The maximum Gasteiger partial charge on any atom is 0.314 e. The largest absolute Gasteiger partial charge is 0.481 e. The Hall–Kier alpha value is -2.19. The second-order valence-corrected chi connectivity index (χ2v) is 4.71. The molecule has 0 saturated carbocycles. The fraction of sp³-hybridized carbons (Fsp3) is 0.438. The summed E-state index contributed by atoms with van der Waals surface area (Å²) < 4.78 is 5.28. The second kappa shape index (κ2) is 9.67. The number of carbonyl (C=O) groups excluding carboxylic acids is 1. The minimum atomic E-state index is -0.402. The van der Waals surface area contributed by atoms with Crippen molar-refractivity contribution in [2.24, 2.45) is 0 Å². The van der Waals surface area contributed by atoms with Crippen LogP contribution in [-0.2, 0) is 6.42 Å². The molecule has 114 valence electrons. The standard InChI is InChI=1S/C16H22N2O3/c1-3-12-21-15-6-4-14(5-7-15)9-11-18-16(20)17-10-8-13(2)19/h1,4-7,13,19H,8-12H2,2H3,(H2,17,18,20). The number of ether oxygens (including phenoxy) is 1. The Kier molecular flexibility index (Phi) is 7.77. The highest BCUT2D eigenvalue weighted by Crippen LogP contribution is 2.12. The summed E-state index contributed by atoms with van der Waals surface area (Å²) in [5.41, 5.74) is 1.10. The Morgan fingerprint density at radius 2 is 2.00 bits per heavy atom. The molecule has 1 aromatic rings. The van der Waals surface area contributed by atoms with E-state index in [2.05, 4.69) is 16.6 Å². The smallest absolute Gasteiger partial charge is 0.314 e. The van der Waals surface area contributed by atoms with Crippen molar-refractivity contribution in [3.8, 4) is 18.1 Å². The van der Waals surface area contributed by atoms with E-state index in [1.54, 1.807) is 6.92 Å². The number of benzene rings is 1. The van der Waals surface area contributed by atoms with Crippen molar-refractivity contribution in [1.29, 1.82) is 0 Å². The van der Waals surface area contributed by atoms with E-state index in [1.165, 1.54) is 0 Å². The fourth-order valence-corrected chi connectivity index (χ4v) is 1.65. The van der Waals surface area contributed by atoms with Gasteiger partial charge in [0.1, 0.15) is 12.4 Å². The highest BCUT2D eigenvalue weighted by Gasteiger charge is 2.01. The van der Waals surface area contributed by atoms with Crippen LogP contribution in [0.2, 0.25) is 0 Å². The zero-order valence-electron chi connectivity index (χ0n) is 12.3. The summed E-state index contributed by atoms with van der Waals surface area (Å²) in [6, 6.07) is 7.38. The van der Waals surface area contributed by atoms with Gasteiger partial charge in [0.2, 0.25) is 0 Å². The first-order chi connectivity index (χ1) is 10.1. The Labute approximate surface area is 125 Å². The van der Waals surface area contributed by atoms with Crippen molar-refractivity contribution >= 4 is 6.03 Å². The summed E-state index contributed by atoms with van der Waals surface area (Å²) in [5.74, 6) is 3.15. The first-order valence-corrected chi connectivity index (χ1v) is 6.96. The molecule has 0 radical (unpaired) electrons. The minimum Gasteiger partial charge on any atom is -0.481 e. The molecule has 3 N–H and O–H groups in total. The number of urea groups is 1. The fourth-order valence-electron chi connectivity index (χ4n) is 1.65. The number of nitrogens with one attached hydrogen (secondary N) is 2. The minimum absolute atomic E-state index is 0.218. The van der Waals surface area contributed by atoms with E-state index in [0.717, 1.165) is 17.7 Å². The number of aliphatic hydroxyl groups excluding tert-OH is 1. The van der Waals surface area contributed by atoms with Crippen molar-refractivity contribution in [2.75, 3.05) is 19.7 Å². The van der Waals surface area contributed by atoms with Gasteiger partial charge in [-0.1, -0.05) is 18.1 Å². The van der Waals surface area contributed by atoms with E-state index in [1.807, 2.05) is 24.3 Å². The van der Waals surface area contributed by atoms with Crippen LogP contribution in [0.1, 0.15) is 18.9 Å². The lowest BCUT2D eigenvalue weighted by atomic mass is 10.1. The predicted molar refractivity (Wildman–Crippen MR) is 82.2 cm³/mol. The van der Waals surface area contributed by atoms with Crippen LogP contribution in [0.5, 0.6) is 5.75 Å². The predicted octanol–water partition coefficient (Wildman–Crippen LogP) is 1.31. The number of hydrogen-bond donors (Lipinski definition) is 3. The molecule has 0 aliphatic rings. The van der Waals surface area contributed by atoms with Crippen molar-refractivity contribution < 1.29 is 14.6 Å². The molecule has 0 saturated heterocycles. The lowest BCUT2D eigenvalue weighted by Crippen LogP contribution is -2.37. The molecular formula is C16H22N2O3. The number of carbonyl (C=O) groups is 1. The van der Waals surface area contributed by atoms with Crippen LogP contribution in [0.4, 0.5) is 4.79 Å². The Balaban J connectivity index is 2.20. The van der Waals surface area contributed by atoms with Gasteiger partial charge in [0, 0.05) is 13.1 Å². The summed E-state index contributed by atoms with van der Waals surface area (Å²) in [5, 5.41) is 14.5. The third kappa shape index (κ3) is 7.85. The van der Waals surface area contributed by atoms with E-state index >= 15 is 0 Å². The average Bonchev–Trinajstić information content (AvgIpc) is 2.46. The number of terminal acetylenes is 1. The number of rotatable bonds is 8. The monoisotopic (exact) mass is 290 g/mol. The molecule has 0 fully saturated rings. The summed E-state index contributed by atoms with van der Waals surface area (Å²) in [7, 11) is 0. The molecule has 1 rings (SSSR count). The number of amides is 2. The van der Waals surface area contributed by atoms with Gasteiger partial charge in [-0.2, -0.15) is 0 Å². The van der Waals surface area contributed by atoms with Crippen LogP contribution in [0.15, 0.2) is 24.3 Å². The molecule has 5 nitrogen and oxygen atoms in total. The van der Waals surface area contributed by atoms with Gasteiger partial charge in [-0.3, -0.25) is 0 Å². The first kappa shape index (κ1) is 16.9. The van der Waals surface area contributed by atoms with Gasteiger partial charge in [0.15, 0.2) is 0 Å². The topological polar surface area (TPSA) is 70.6 Å². The van der Waals surface area contributed by atoms with Crippen LogP contribution in [0, 0.1) is 12.3 Å². The van der Waals surface area contributed by atoms with Crippen LogP contribution in [0.3, 0.4) is 0 Å².